The number of carbonyl (C=O) groups excluding carboxylic acids is 1. The molecule has 4 aromatic rings. The quantitative estimate of drug-likeness (QED) is 0.306. The predicted octanol–water partition coefficient (Wildman–Crippen LogP) is 6.44. The number of urea groups is 1. The molecule has 0 radical (unpaired) electrons. The summed E-state index contributed by atoms with van der Waals surface area (Å²) in [6.45, 7) is 4.64. The Hall–Kier alpha value is -3.58. The highest BCUT2D eigenvalue weighted by Gasteiger charge is 2.17. The van der Waals surface area contributed by atoms with Crippen LogP contribution in [0.1, 0.15) is 36.8 Å². The van der Waals surface area contributed by atoms with Gasteiger partial charge in [-0.05, 0) is 37.6 Å². The molecule has 2 amide bonds. The lowest BCUT2D eigenvalue weighted by atomic mass is 10.2. The van der Waals surface area contributed by atoms with E-state index < -0.39 is 6.03 Å². The molecule has 4 rings (SSSR count). The molecule has 2 aromatic heterocycles. The zero-order valence-electron chi connectivity index (χ0n) is 19.6. The van der Waals surface area contributed by atoms with E-state index in [1.165, 1.54) is 0 Å². The number of hydrogen-bond donors (Lipinski definition) is 2. The van der Waals surface area contributed by atoms with Crippen molar-refractivity contribution in [2.24, 2.45) is 0 Å². The van der Waals surface area contributed by atoms with Crippen molar-refractivity contribution in [1.29, 1.82) is 0 Å². The number of anilines is 2. The van der Waals surface area contributed by atoms with Crippen LogP contribution in [0.15, 0.2) is 54.6 Å². The van der Waals surface area contributed by atoms with Crippen LogP contribution >= 0.6 is 11.6 Å². The van der Waals surface area contributed by atoms with E-state index in [2.05, 4.69) is 28.2 Å². The summed E-state index contributed by atoms with van der Waals surface area (Å²) < 4.78 is 7.70. The fraction of sp³-hybridized carbons (Fsp3) is 0.269. The van der Waals surface area contributed by atoms with Gasteiger partial charge in [0.05, 0.1) is 35.7 Å². The molecule has 2 aromatic carbocycles. The van der Waals surface area contributed by atoms with Crippen molar-refractivity contribution in [3.63, 3.8) is 0 Å². The number of carbonyl (C=O) groups is 1. The number of pyridine rings is 1. The number of hydrogen-bond acceptors (Lipinski definition) is 4. The number of ether oxygens (including phenoxy) is 1. The molecule has 0 atom stereocenters. The maximum atomic E-state index is 12.6. The van der Waals surface area contributed by atoms with E-state index in [1.807, 2.05) is 43.3 Å². The van der Waals surface area contributed by atoms with Crippen molar-refractivity contribution >= 4 is 40.2 Å². The van der Waals surface area contributed by atoms with Crippen molar-refractivity contribution in [2.45, 2.75) is 39.7 Å². The van der Waals surface area contributed by atoms with E-state index >= 15 is 0 Å². The molecule has 0 fully saturated rings. The number of halogens is 1. The molecule has 34 heavy (non-hydrogen) atoms. The van der Waals surface area contributed by atoms with Crippen LogP contribution in [-0.2, 0) is 13.0 Å². The molecule has 2 N–H and O–H groups in total. The molecule has 0 aliphatic heterocycles. The van der Waals surface area contributed by atoms with Gasteiger partial charge in [0.25, 0.3) is 0 Å². The first kappa shape index (κ1) is 23.6. The molecule has 2 heterocycles. The molecular formula is C26H28ClN5O2. The van der Waals surface area contributed by atoms with E-state index in [9.17, 15) is 4.79 Å². The maximum Gasteiger partial charge on any atom is 0.323 e. The predicted molar refractivity (Wildman–Crippen MR) is 137 cm³/mol. The lowest BCUT2D eigenvalue weighted by Crippen LogP contribution is -2.20. The normalized spacial score (nSPS) is 10.9. The highest BCUT2D eigenvalue weighted by Crippen LogP contribution is 2.26. The first-order chi connectivity index (χ1) is 16.5. The van der Waals surface area contributed by atoms with Crippen LogP contribution in [0.5, 0.6) is 5.75 Å². The number of unbranched alkanes of at least 4 members (excludes halogenated alkanes) is 1. The molecule has 0 aliphatic rings. The van der Waals surface area contributed by atoms with Crippen LogP contribution in [0.25, 0.3) is 11.2 Å². The van der Waals surface area contributed by atoms with E-state index in [1.54, 1.807) is 19.2 Å². The average molecular weight is 478 g/mol. The molecule has 176 valence electrons. The van der Waals surface area contributed by atoms with Gasteiger partial charge in [-0.15, -0.1) is 0 Å². The van der Waals surface area contributed by atoms with E-state index in [0.717, 1.165) is 47.6 Å². The van der Waals surface area contributed by atoms with E-state index in [4.69, 9.17) is 26.3 Å². The number of nitrogens with zero attached hydrogens (tertiary/aromatic N) is 3. The van der Waals surface area contributed by atoms with Crippen molar-refractivity contribution in [1.82, 2.24) is 14.5 Å². The number of aromatic nitrogens is 3. The fourth-order valence-electron chi connectivity index (χ4n) is 3.85. The molecular weight excluding hydrogens is 450 g/mol. The van der Waals surface area contributed by atoms with Gasteiger partial charge >= 0.3 is 6.03 Å². The Morgan fingerprint density at radius 2 is 1.79 bits per heavy atom. The number of rotatable bonds is 8. The third-order valence-electron chi connectivity index (χ3n) is 5.64. The lowest BCUT2D eigenvalue weighted by Gasteiger charge is -2.13. The van der Waals surface area contributed by atoms with E-state index in [-0.39, 0.29) is 0 Å². The van der Waals surface area contributed by atoms with E-state index in [0.29, 0.717) is 28.6 Å². The summed E-state index contributed by atoms with van der Waals surface area (Å²) in [5.41, 5.74) is 4.41. The smallest absolute Gasteiger partial charge is 0.323 e. The Balaban J connectivity index is 1.66. The summed E-state index contributed by atoms with van der Waals surface area (Å²) in [7, 11) is 1.68. The number of methoxy groups -OCH3 is 1. The van der Waals surface area contributed by atoms with Crippen LogP contribution in [0.4, 0.5) is 16.2 Å². The summed E-state index contributed by atoms with van der Waals surface area (Å²) in [5.74, 6) is 1.80. The van der Waals surface area contributed by atoms with Gasteiger partial charge in [0.15, 0.2) is 5.65 Å². The molecule has 0 bridgehead atoms. The molecule has 0 saturated heterocycles. The van der Waals surface area contributed by atoms with Gasteiger partial charge < -0.3 is 19.9 Å². The average Bonchev–Trinajstić information content (AvgIpc) is 3.15. The zero-order chi connectivity index (χ0) is 24.1. The monoisotopic (exact) mass is 477 g/mol. The third-order valence-corrected chi connectivity index (χ3v) is 5.97. The second-order valence-corrected chi connectivity index (χ2v) is 8.46. The van der Waals surface area contributed by atoms with Gasteiger partial charge in [-0.25, -0.2) is 14.8 Å². The fourth-order valence-corrected chi connectivity index (χ4v) is 4.03. The van der Waals surface area contributed by atoms with Crippen molar-refractivity contribution in [2.75, 3.05) is 17.7 Å². The van der Waals surface area contributed by atoms with Gasteiger partial charge in [-0.2, -0.15) is 0 Å². The number of para-hydroxylation sites is 2. The molecule has 0 unspecified atom stereocenters. The summed E-state index contributed by atoms with van der Waals surface area (Å²) >= 11 is 6.15. The summed E-state index contributed by atoms with van der Waals surface area (Å²) in [6, 6.07) is 16.5. The minimum atomic E-state index is -0.392. The van der Waals surface area contributed by atoms with Crippen molar-refractivity contribution < 1.29 is 9.53 Å². The Labute approximate surface area is 204 Å². The second kappa shape index (κ2) is 10.6. The van der Waals surface area contributed by atoms with Gasteiger partial charge in [0.1, 0.15) is 17.1 Å². The number of amides is 2. The van der Waals surface area contributed by atoms with Gasteiger partial charge in [-0.3, -0.25) is 0 Å². The highest BCUT2D eigenvalue weighted by molar-refractivity contribution is 6.33. The minimum Gasteiger partial charge on any atom is -0.496 e. The van der Waals surface area contributed by atoms with Crippen LogP contribution in [-0.4, -0.2) is 27.7 Å². The molecule has 0 spiro atoms. The van der Waals surface area contributed by atoms with Crippen molar-refractivity contribution in [3.05, 3.63) is 76.7 Å². The summed E-state index contributed by atoms with van der Waals surface area (Å²) in [6.07, 6.45) is 2.94. The number of benzene rings is 2. The highest BCUT2D eigenvalue weighted by atomic mass is 35.5. The Morgan fingerprint density at radius 3 is 2.56 bits per heavy atom. The SMILES string of the molecule is CCCCc1nc2cc(NC(=O)Nc3ccccc3Cl)c(C)nc2n1Cc1ccccc1OC. The molecule has 0 aliphatic carbocycles. The molecule has 7 nitrogen and oxygen atoms in total. The minimum absolute atomic E-state index is 0.392. The third kappa shape index (κ3) is 5.15. The summed E-state index contributed by atoms with van der Waals surface area (Å²) in [5, 5.41) is 6.12. The van der Waals surface area contributed by atoms with Crippen LogP contribution in [0, 0.1) is 6.92 Å². The number of fused-ring (bicyclic) bond motifs is 1. The zero-order valence-corrected chi connectivity index (χ0v) is 20.3. The Kier molecular flexibility index (Phi) is 7.33. The maximum absolute atomic E-state index is 12.6. The van der Waals surface area contributed by atoms with Crippen molar-refractivity contribution in [3.8, 4) is 5.75 Å². The second-order valence-electron chi connectivity index (χ2n) is 8.05. The van der Waals surface area contributed by atoms with Crippen LogP contribution in [0.2, 0.25) is 5.02 Å². The van der Waals surface area contributed by atoms with Gasteiger partial charge in [0.2, 0.25) is 0 Å². The standard InChI is InChI=1S/C26H28ClN5O2/c1-4-5-14-24-29-22-15-21(31-26(33)30-20-12-8-7-11-19(20)27)17(2)28-25(22)32(24)16-18-10-6-9-13-23(18)34-3/h6-13,15H,4-5,14,16H2,1-3H3,(H2,30,31,33). The Morgan fingerprint density at radius 1 is 1.06 bits per heavy atom. The van der Waals surface area contributed by atoms with Crippen LogP contribution < -0.4 is 15.4 Å². The number of imidazole rings is 1. The first-order valence-corrected chi connectivity index (χ1v) is 11.7. The van der Waals surface area contributed by atoms with Gasteiger partial charge in [0, 0.05) is 12.0 Å². The summed E-state index contributed by atoms with van der Waals surface area (Å²) in [4.78, 5) is 22.3. The molecule has 0 saturated carbocycles. The Bertz CT molecular complexity index is 1320. The molecule has 8 heteroatoms. The topological polar surface area (TPSA) is 81.1 Å². The first-order valence-electron chi connectivity index (χ1n) is 11.3. The largest absolute Gasteiger partial charge is 0.496 e. The van der Waals surface area contributed by atoms with Gasteiger partial charge in [-0.1, -0.05) is 55.3 Å². The lowest BCUT2D eigenvalue weighted by molar-refractivity contribution is 0.262. The van der Waals surface area contributed by atoms with Crippen LogP contribution in [0.3, 0.4) is 0 Å². The number of aryl methyl sites for hydroxylation is 2. The number of nitrogens with one attached hydrogen (secondary N) is 2.